The third-order valence-corrected chi connectivity index (χ3v) is 7.39. The van der Waals surface area contributed by atoms with Crippen LogP contribution in [-0.4, -0.2) is 82.6 Å². The minimum Gasteiger partial charge on any atom is -0.497 e. The van der Waals surface area contributed by atoms with Crippen LogP contribution in [0.15, 0.2) is 47.3 Å². The lowest BCUT2D eigenvalue weighted by molar-refractivity contribution is 0.0698. The zero-order valence-electron chi connectivity index (χ0n) is 21.7. The van der Waals surface area contributed by atoms with Crippen molar-refractivity contribution in [2.75, 3.05) is 40.0 Å². The molecule has 0 unspecified atom stereocenters. The van der Waals surface area contributed by atoms with E-state index in [4.69, 9.17) is 14.2 Å². The first-order chi connectivity index (χ1) is 18.8. The fraction of sp³-hybridized carbons (Fsp3) is 0.393. The molecule has 39 heavy (non-hydrogen) atoms. The van der Waals surface area contributed by atoms with Gasteiger partial charge < -0.3 is 38.8 Å². The standard InChI is InChI=1S/C28H31N3O8/c1-37-20-15-22(27(33)34)21-3-5-26(32)30(23(21)16-20)11-10-29-8-6-19(7-9-29)31(28(35)36)17-18-2-4-24-25(14-18)39-13-12-38-24/h2-5,14-16,19H,6-13,17H2,1H3,(H,33,34)(H,35,36). The number of likely N-dealkylation sites (tertiary alicyclic amines) is 1. The van der Waals surface area contributed by atoms with Crippen LogP contribution in [0.2, 0.25) is 0 Å². The van der Waals surface area contributed by atoms with E-state index in [2.05, 4.69) is 4.90 Å². The molecule has 0 saturated carbocycles. The highest BCUT2D eigenvalue weighted by atomic mass is 16.6. The van der Waals surface area contributed by atoms with Crippen molar-refractivity contribution in [3.8, 4) is 17.2 Å². The number of hydrogen-bond donors (Lipinski definition) is 2. The van der Waals surface area contributed by atoms with Crippen molar-refractivity contribution in [2.24, 2.45) is 0 Å². The van der Waals surface area contributed by atoms with E-state index in [0.717, 1.165) is 5.56 Å². The monoisotopic (exact) mass is 537 g/mol. The van der Waals surface area contributed by atoms with E-state index >= 15 is 0 Å². The lowest BCUT2D eigenvalue weighted by Gasteiger charge is -2.37. The van der Waals surface area contributed by atoms with Gasteiger partial charge in [-0.05, 0) is 42.7 Å². The molecule has 11 nitrogen and oxygen atoms in total. The summed E-state index contributed by atoms with van der Waals surface area (Å²) in [5.74, 6) is 0.580. The van der Waals surface area contributed by atoms with Gasteiger partial charge in [-0.2, -0.15) is 0 Å². The van der Waals surface area contributed by atoms with Gasteiger partial charge in [-0.1, -0.05) is 6.07 Å². The molecule has 0 bridgehead atoms. The predicted molar refractivity (Wildman–Crippen MR) is 142 cm³/mol. The number of methoxy groups -OCH3 is 1. The lowest BCUT2D eigenvalue weighted by Crippen LogP contribution is -2.47. The van der Waals surface area contributed by atoms with Crippen molar-refractivity contribution in [1.82, 2.24) is 14.4 Å². The van der Waals surface area contributed by atoms with Crippen LogP contribution >= 0.6 is 0 Å². The Hall–Kier alpha value is -4.25. The summed E-state index contributed by atoms with van der Waals surface area (Å²) in [6.07, 6.45) is 0.366. The molecule has 2 aliphatic rings. The number of fused-ring (bicyclic) bond motifs is 2. The number of carboxylic acid groups (broad SMARTS) is 2. The lowest BCUT2D eigenvalue weighted by atomic mass is 10.0. The van der Waals surface area contributed by atoms with E-state index in [-0.39, 0.29) is 23.7 Å². The minimum absolute atomic E-state index is 0.0747. The number of hydrogen-bond acceptors (Lipinski definition) is 7. The number of benzene rings is 2. The fourth-order valence-corrected chi connectivity index (χ4v) is 5.33. The highest BCUT2D eigenvalue weighted by Crippen LogP contribution is 2.32. The Kier molecular flexibility index (Phi) is 7.60. The zero-order valence-corrected chi connectivity index (χ0v) is 21.7. The van der Waals surface area contributed by atoms with Gasteiger partial charge >= 0.3 is 12.1 Å². The van der Waals surface area contributed by atoms with Gasteiger partial charge in [-0.15, -0.1) is 0 Å². The zero-order chi connectivity index (χ0) is 27.5. The maximum atomic E-state index is 12.7. The smallest absolute Gasteiger partial charge is 0.407 e. The Morgan fingerprint density at radius 1 is 1.00 bits per heavy atom. The van der Waals surface area contributed by atoms with E-state index in [0.29, 0.717) is 80.4 Å². The molecule has 206 valence electrons. The second-order valence-corrected chi connectivity index (χ2v) is 9.70. The van der Waals surface area contributed by atoms with E-state index in [9.17, 15) is 24.6 Å². The van der Waals surface area contributed by atoms with E-state index in [1.165, 1.54) is 30.2 Å². The number of nitrogens with zero attached hydrogens (tertiary/aromatic N) is 3. The number of pyridine rings is 1. The van der Waals surface area contributed by atoms with Crippen molar-refractivity contribution in [2.45, 2.75) is 32.0 Å². The molecule has 2 aromatic carbocycles. The number of carboxylic acids is 1. The van der Waals surface area contributed by atoms with Crippen LogP contribution < -0.4 is 19.8 Å². The quantitative estimate of drug-likeness (QED) is 0.445. The summed E-state index contributed by atoms with van der Waals surface area (Å²) in [5, 5.41) is 20.1. The molecule has 3 aromatic rings. The van der Waals surface area contributed by atoms with Gasteiger partial charge in [0.2, 0.25) is 0 Å². The Morgan fingerprint density at radius 3 is 2.44 bits per heavy atom. The first-order valence-corrected chi connectivity index (χ1v) is 12.9. The predicted octanol–water partition coefficient (Wildman–Crippen LogP) is 3.12. The fourth-order valence-electron chi connectivity index (χ4n) is 5.33. The topological polar surface area (TPSA) is 131 Å². The molecular formula is C28H31N3O8. The molecular weight excluding hydrogens is 506 g/mol. The van der Waals surface area contributed by atoms with Gasteiger partial charge in [0.25, 0.3) is 5.56 Å². The Labute approximate surface area is 224 Å². The molecule has 0 aliphatic carbocycles. The van der Waals surface area contributed by atoms with Crippen molar-refractivity contribution in [3.05, 3.63) is 63.9 Å². The van der Waals surface area contributed by atoms with Crippen LogP contribution in [0.1, 0.15) is 28.8 Å². The third-order valence-electron chi connectivity index (χ3n) is 7.39. The molecule has 2 N–H and O–H groups in total. The van der Waals surface area contributed by atoms with Gasteiger partial charge in [0, 0.05) is 56.3 Å². The highest BCUT2D eigenvalue weighted by molar-refractivity contribution is 6.03. The summed E-state index contributed by atoms with van der Waals surface area (Å²) in [5.41, 5.74) is 1.20. The highest BCUT2D eigenvalue weighted by Gasteiger charge is 2.28. The van der Waals surface area contributed by atoms with Crippen LogP contribution in [0.5, 0.6) is 17.2 Å². The van der Waals surface area contributed by atoms with Gasteiger partial charge in [-0.3, -0.25) is 4.79 Å². The average Bonchev–Trinajstić information content (AvgIpc) is 2.94. The van der Waals surface area contributed by atoms with Crippen molar-refractivity contribution >= 4 is 23.0 Å². The van der Waals surface area contributed by atoms with Crippen LogP contribution in [0.25, 0.3) is 10.9 Å². The van der Waals surface area contributed by atoms with Crippen LogP contribution in [0.4, 0.5) is 4.79 Å². The molecule has 5 rings (SSSR count). The van der Waals surface area contributed by atoms with Gasteiger partial charge in [-0.25, -0.2) is 9.59 Å². The largest absolute Gasteiger partial charge is 0.497 e. The van der Waals surface area contributed by atoms with Crippen LogP contribution in [-0.2, 0) is 13.1 Å². The average molecular weight is 538 g/mol. The summed E-state index contributed by atoms with van der Waals surface area (Å²) in [6.45, 7) is 3.52. The molecule has 3 heterocycles. The molecule has 1 amide bonds. The first-order valence-electron chi connectivity index (χ1n) is 12.9. The second kappa shape index (κ2) is 11.2. The second-order valence-electron chi connectivity index (χ2n) is 9.70. The number of aromatic carboxylic acids is 1. The molecule has 0 atom stereocenters. The van der Waals surface area contributed by atoms with Crippen LogP contribution in [0, 0.1) is 0 Å². The Bertz CT molecular complexity index is 1440. The van der Waals surface area contributed by atoms with E-state index in [1.807, 2.05) is 18.2 Å². The summed E-state index contributed by atoms with van der Waals surface area (Å²) in [4.78, 5) is 40.3. The number of amides is 1. The molecule has 1 aromatic heterocycles. The summed E-state index contributed by atoms with van der Waals surface area (Å²) >= 11 is 0. The summed E-state index contributed by atoms with van der Waals surface area (Å²) in [6, 6.07) is 11.4. The maximum Gasteiger partial charge on any atom is 0.407 e. The SMILES string of the molecule is COc1cc(C(=O)O)c2ccc(=O)n(CCN3CCC(N(Cc4ccc5c(c4)OCCO5)C(=O)O)CC3)c2c1. The molecule has 1 fully saturated rings. The number of carbonyl (C=O) groups is 2. The number of aromatic nitrogens is 1. The molecule has 1 saturated heterocycles. The van der Waals surface area contributed by atoms with E-state index < -0.39 is 12.1 Å². The molecule has 0 spiro atoms. The normalized spacial score (nSPS) is 15.7. The first kappa shape index (κ1) is 26.4. The third kappa shape index (κ3) is 5.63. The van der Waals surface area contributed by atoms with Gasteiger partial charge in [0.15, 0.2) is 11.5 Å². The summed E-state index contributed by atoms with van der Waals surface area (Å²) in [7, 11) is 1.45. The minimum atomic E-state index is -1.09. The molecule has 0 radical (unpaired) electrons. The molecule has 11 heteroatoms. The summed E-state index contributed by atoms with van der Waals surface area (Å²) < 4.78 is 18.0. The van der Waals surface area contributed by atoms with Crippen molar-refractivity contribution in [3.63, 3.8) is 0 Å². The number of piperidine rings is 1. The van der Waals surface area contributed by atoms with Crippen molar-refractivity contribution < 1.29 is 34.0 Å². The van der Waals surface area contributed by atoms with Crippen molar-refractivity contribution in [1.29, 1.82) is 0 Å². The Morgan fingerprint density at radius 2 is 1.74 bits per heavy atom. The van der Waals surface area contributed by atoms with Gasteiger partial charge in [0.05, 0.1) is 18.2 Å². The number of ether oxygens (including phenoxy) is 3. The maximum absolute atomic E-state index is 12.7. The van der Waals surface area contributed by atoms with Crippen LogP contribution in [0.3, 0.4) is 0 Å². The van der Waals surface area contributed by atoms with E-state index in [1.54, 1.807) is 10.6 Å². The van der Waals surface area contributed by atoms with Gasteiger partial charge in [0.1, 0.15) is 19.0 Å². The number of rotatable bonds is 8. The Balaban J connectivity index is 1.25. The molecule has 2 aliphatic heterocycles.